The lowest BCUT2D eigenvalue weighted by Gasteiger charge is -2.24. The molecule has 4 heterocycles. The zero-order valence-electron chi connectivity index (χ0n) is 13.9. The summed E-state index contributed by atoms with van der Waals surface area (Å²) in [5, 5.41) is 12.0. The van der Waals surface area contributed by atoms with Crippen molar-refractivity contribution in [2.45, 2.75) is 44.6 Å². The molecule has 25 heavy (non-hydrogen) atoms. The summed E-state index contributed by atoms with van der Waals surface area (Å²) in [4.78, 5) is 11.3. The van der Waals surface area contributed by atoms with Crippen molar-refractivity contribution in [3.05, 3.63) is 35.5 Å². The van der Waals surface area contributed by atoms with Gasteiger partial charge in [-0.15, -0.1) is 0 Å². The molecule has 8 nitrogen and oxygen atoms in total. The smallest absolute Gasteiger partial charge is 0.259 e. The minimum Gasteiger partial charge on any atom is -0.348 e. The van der Waals surface area contributed by atoms with E-state index in [0.29, 0.717) is 11.8 Å². The van der Waals surface area contributed by atoms with Crippen LogP contribution in [-0.4, -0.2) is 32.0 Å². The van der Waals surface area contributed by atoms with Gasteiger partial charge in [0, 0.05) is 18.7 Å². The second-order valence-corrected chi connectivity index (χ2v) is 6.72. The van der Waals surface area contributed by atoms with Crippen molar-refractivity contribution in [1.29, 1.82) is 0 Å². The molecule has 1 saturated heterocycles. The van der Waals surface area contributed by atoms with Crippen molar-refractivity contribution in [1.82, 2.24) is 25.4 Å². The maximum absolute atomic E-state index is 5.37. The van der Waals surface area contributed by atoms with Gasteiger partial charge >= 0.3 is 0 Å². The molecular formula is C17H18N6O2. The Morgan fingerprint density at radius 1 is 1.12 bits per heavy atom. The van der Waals surface area contributed by atoms with Crippen LogP contribution in [0.25, 0.3) is 11.5 Å². The van der Waals surface area contributed by atoms with Gasteiger partial charge in [-0.3, -0.25) is 0 Å². The minimum absolute atomic E-state index is 0.162. The first kappa shape index (κ1) is 14.6. The predicted molar refractivity (Wildman–Crippen MR) is 87.9 cm³/mol. The second kappa shape index (κ2) is 5.65. The first-order chi connectivity index (χ1) is 12.3. The Morgan fingerprint density at radius 2 is 2.04 bits per heavy atom. The van der Waals surface area contributed by atoms with E-state index in [1.165, 1.54) is 0 Å². The molecule has 0 radical (unpaired) electrons. The van der Waals surface area contributed by atoms with Crippen molar-refractivity contribution in [2.24, 2.45) is 0 Å². The molecule has 128 valence electrons. The van der Waals surface area contributed by atoms with Gasteiger partial charge < -0.3 is 9.42 Å². The lowest BCUT2D eigenvalue weighted by Crippen LogP contribution is -2.24. The zero-order chi connectivity index (χ0) is 16.8. The van der Waals surface area contributed by atoms with Gasteiger partial charge in [0.25, 0.3) is 5.89 Å². The van der Waals surface area contributed by atoms with Crippen LogP contribution in [0.3, 0.4) is 0 Å². The predicted octanol–water partition coefficient (Wildman–Crippen LogP) is 3.04. The van der Waals surface area contributed by atoms with Gasteiger partial charge in [-0.1, -0.05) is 15.5 Å². The van der Waals surface area contributed by atoms with Crippen LogP contribution >= 0.6 is 0 Å². The molecule has 3 aromatic heterocycles. The molecule has 5 rings (SSSR count). The Kier molecular flexibility index (Phi) is 3.29. The van der Waals surface area contributed by atoms with Gasteiger partial charge in [0.15, 0.2) is 5.82 Å². The number of hydrogen-bond acceptors (Lipinski definition) is 8. The first-order valence-electron chi connectivity index (χ1n) is 8.65. The molecule has 0 N–H and O–H groups in total. The summed E-state index contributed by atoms with van der Waals surface area (Å²) < 4.78 is 10.2. The van der Waals surface area contributed by atoms with E-state index in [1.807, 2.05) is 19.1 Å². The third kappa shape index (κ3) is 2.57. The van der Waals surface area contributed by atoms with Gasteiger partial charge in [0.1, 0.15) is 17.2 Å². The quantitative estimate of drug-likeness (QED) is 0.716. The topological polar surface area (TPSA) is 94.0 Å². The van der Waals surface area contributed by atoms with Gasteiger partial charge in [-0.2, -0.15) is 4.98 Å². The maximum Gasteiger partial charge on any atom is 0.259 e. The van der Waals surface area contributed by atoms with Crippen molar-refractivity contribution in [2.75, 3.05) is 11.4 Å². The van der Waals surface area contributed by atoms with E-state index in [4.69, 9.17) is 9.15 Å². The monoisotopic (exact) mass is 338 g/mol. The summed E-state index contributed by atoms with van der Waals surface area (Å²) in [6.45, 7) is 2.86. The first-order valence-corrected chi connectivity index (χ1v) is 8.65. The maximum atomic E-state index is 5.37. The summed E-state index contributed by atoms with van der Waals surface area (Å²) in [5.41, 5.74) is 2.58. The summed E-state index contributed by atoms with van der Waals surface area (Å²) in [5.74, 6) is 2.74. The van der Waals surface area contributed by atoms with E-state index in [1.54, 1.807) is 6.20 Å². The van der Waals surface area contributed by atoms with E-state index in [-0.39, 0.29) is 6.04 Å². The molecule has 1 aliphatic carbocycles. The highest BCUT2D eigenvalue weighted by atomic mass is 16.6. The number of nitrogens with zero attached hydrogens (tertiary/aromatic N) is 6. The summed E-state index contributed by atoms with van der Waals surface area (Å²) in [6.07, 6.45) is 6.22. The highest BCUT2D eigenvalue weighted by Gasteiger charge is 2.31. The van der Waals surface area contributed by atoms with E-state index in [9.17, 15) is 0 Å². The molecule has 2 fully saturated rings. The Morgan fingerprint density at radius 3 is 2.76 bits per heavy atom. The third-order valence-corrected chi connectivity index (χ3v) is 4.93. The van der Waals surface area contributed by atoms with Crippen LogP contribution in [0.4, 0.5) is 5.82 Å². The fourth-order valence-electron chi connectivity index (χ4n) is 3.41. The Bertz CT molecular complexity index is 883. The molecule has 1 aliphatic heterocycles. The molecule has 1 atom stereocenters. The average molecular weight is 338 g/mol. The molecule has 0 unspecified atom stereocenters. The number of pyridine rings is 1. The van der Waals surface area contributed by atoms with Gasteiger partial charge in [0.05, 0.1) is 11.6 Å². The van der Waals surface area contributed by atoms with Crippen LogP contribution in [0.1, 0.15) is 54.9 Å². The third-order valence-electron chi connectivity index (χ3n) is 4.93. The van der Waals surface area contributed by atoms with Crippen LogP contribution in [-0.2, 0) is 0 Å². The normalized spacial score (nSPS) is 20.4. The fraction of sp³-hybridized carbons (Fsp3) is 0.471. The zero-order valence-corrected chi connectivity index (χ0v) is 13.9. The largest absolute Gasteiger partial charge is 0.348 e. The second-order valence-electron chi connectivity index (χ2n) is 6.72. The van der Waals surface area contributed by atoms with Crippen molar-refractivity contribution in [3.63, 3.8) is 0 Å². The van der Waals surface area contributed by atoms with Crippen LogP contribution in [0.5, 0.6) is 0 Å². The van der Waals surface area contributed by atoms with Crippen LogP contribution in [0.2, 0.25) is 0 Å². The van der Waals surface area contributed by atoms with Crippen LogP contribution in [0, 0.1) is 6.92 Å². The Balaban J connectivity index is 1.39. The Labute approximate surface area is 144 Å². The van der Waals surface area contributed by atoms with Crippen molar-refractivity contribution in [3.8, 4) is 11.5 Å². The Hall–Kier alpha value is -2.77. The molecule has 0 aromatic carbocycles. The van der Waals surface area contributed by atoms with Crippen molar-refractivity contribution >= 4 is 5.82 Å². The van der Waals surface area contributed by atoms with E-state index >= 15 is 0 Å². The van der Waals surface area contributed by atoms with Gasteiger partial charge in [-0.25, -0.2) is 9.61 Å². The number of aromatic nitrogens is 5. The van der Waals surface area contributed by atoms with Crippen molar-refractivity contribution < 1.29 is 9.15 Å². The number of hydrogen-bond donors (Lipinski definition) is 0. The average Bonchev–Trinajstić information content (AvgIpc) is 3.03. The molecule has 0 amide bonds. The van der Waals surface area contributed by atoms with Gasteiger partial charge in [0.2, 0.25) is 0 Å². The number of anilines is 1. The molecule has 3 aromatic rings. The molecule has 0 bridgehead atoms. The lowest BCUT2D eigenvalue weighted by atomic mass is 10.1. The van der Waals surface area contributed by atoms with E-state index in [2.05, 4.69) is 30.3 Å². The van der Waals surface area contributed by atoms with E-state index in [0.717, 1.165) is 60.8 Å². The standard InChI is InChI=1S/C17H18N6O2/c1-10-15(21-25-20-10)13-3-2-8-23(13)14-7-6-12(9-18-14)17-19-16(22-24-17)11-4-5-11/h6-7,9,11,13H,2-5,8H2,1H3/t13-/m0/s1. The van der Waals surface area contributed by atoms with Crippen LogP contribution in [0.15, 0.2) is 27.5 Å². The number of rotatable bonds is 4. The highest BCUT2D eigenvalue weighted by Crippen LogP contribution is 2.39. The molecule has 2 aliphatic rings. The van der Waals surface area contributed by atoms with Crippen LogP contribution < -0.4 is 4.90 Å². The van der Waals surface area contributed by atoms with Gasteiger partial charge in [-0.05, 0) is 44.7 Å². The molecular weight excluding hydrogens is 320 g/mol. The minimum atomic E-state index is 0.162. The summed E-state index contributed by atoms with van der Waals surface area (Å²) >= 11 is 0. The molecule has 1 saturated carbocycles. The highest BCUT2D eigenvalue weighted by molar-refractivity contribution is 5.55. The SMILES string of the molecule is Cc1nonc1[C@@H]1CCCN1c1ccc(-c2nc(C3CC3)no2)cn1. The van der Waals surface area contributed by atoms with E-state index < -0.39 is 0 Å². The fourth-order valence-corrected chi connectivity index (χ4v) is 3.41. The molecule has 8 heteroatoms. The molecule has 0 spiro atoms. The lowest BCUT2D eigenvalue weighted by molar-refractivity contribution is 0.299. The summed E-state index contributed by atoms with van der Waals surface area (Å²) in [6, 6.07) is 4.14. The summed E-state index contributed by atoms with van der Waals surface area (Å²) in [7, 11) is 0. The number of aryl methyl sites for hydroxylation is 1.